The molecule has 1 aromatic heterocycles. The Morgan fingerprint density at radius 2 is 2.05 bits per heavy atom. The van der Waals surface area contributed by atoms with E-state index < -0.39 is 0 Å². The number of hydrogen-bond donors (Lipinski definition) is 2. The molecule has 0 atom stereocenters. The fourth-order valence-electron chi connectivity index (χ4n) is 2.77. The van der Waals surface area contributed by atoms with Gasteiger partial charge in [-0.15, -0.1) is 0 Å². The Morgan fingerprint density at radius 3 is 2.70 bits per heavy atom. The highest BCUT2D eigenvalue weighted by Crippen LogP contribution is 2.29. The van der Waals surface area contributed by atoms with Gasteiger partial charge in [-0.25, -0.2) is 4.98 Å². The van der Waals surface area contributed by atoms with Crippen LogP contribution in [0.15, 0.2) is 12.1 Å². The van der Waals surface area contributed by atoms with E-state index in [-0.39, 0.29) is 11.4 Å². The SMILES string of the molecule is CCCNc1cc(C(=O)NC2(C)CCCC2)cc(C)n1. The number of carbonyl (C=O) groups excluding carboxylic acids is 1. The van der Waals surface area contributed by atoms with E-state index in [1.807, 2.05) is 19.1 Å². The number of nitrogens with one attached hydrogen (secondary N) is 2. The van der Waals surface area contributed by atoms with E-state index in [1.165, 1.54) is 12.8 Å². The van der Waals surface area contributed by atoms with E-state index in [0.29, 0.717) is 5.56 Å². The Bertz CT molecular complexity index is 479. The maximum atomic E-state index is 12.4. The first-order valence-corrected chi connectivity index (χ1v) is 7.57. The number of aromatic nitrogens is 1. The fraction of sp³-hybridized carbons (Fsp3) is 0.625. The highest BCUT2D eigenvalue weighted by atomic mass is 16.1. The Kier molecular flexibility index (Phi) is 4.63. The molecule has 0 aliphatic heterocycles. The zero-order valence-electron chi connectivity index (χ0n) is 12.8. The summed E-state index contributed by atoms with van der Waals surface area (Å²) in [5.41, 5.74) is 1.53. The summed E-state index contributed by atoms with van der Waals surface area (Å²) in [6, 6.07) is 3.70. The van der Waals surface area contributed by atoms with Crippen LogP contribution in [0.1, 0.15) is 62.0 Å². The Morgan fingerprint density at radius 1 is 1.35 bits per heavy atom. The van der Waals surface area contributed by atoms with E-state index in [2.05, 4.69) is 29.5 Å². The quantitative estimate of drug-likeness (QED) is 0.867. The summed E-state index contributed by atoms with van der Waals surface area (Å²) in [7, 11) is 0. The van der Waals surface area contributed by atoms with Gasteiger partial charge in [0.25, 0.3) is 5.91 Å². The summed E-state index contributed by atoms with van der Waals surface area (Å²) >= 11 is 0. The minimum absolute atomic E-state index is 0.0134. The molecule has 4 heteroatoms. The average Bonchev–Trinajstić information content (AvgIpc) is 2.82. The predicted molar refractivity (Wildman–Crippen MR) is 82.1 cm³/mol. The van der Waals surface area contributed by atoms with Gasteiger partial charge in [-0.2, -0.15) is 0 Å². The number of nitrogens with zero attached hydrogens (tertiary/aromatic N) is 1. The molecule has 0 saturated heterocycles. The normalized spacial score (nSPS) is 16.9. The van der Waals surface area contributed by atoms with E-state index in [1.54, 1.807) is 0 Å². The summed E-state index contributed by atoms with van der Waals surface area (Å²) in [5.74, 6) is 0.799. The Hall–Kier alpha value is -1.58. The van der Waals surface area contributed by atoms with Crippen molar-refractivity contribution in [2.24, 2.45) is 0 Å². The van der Waals surface area contributed by atoms with E-state index in [9.17, 15) is 4.79 Å². The number of pyridine rings is 1. The lowest BCUT2D eigenvalue weighted by Gasteiger charge is -2.25. The minimum atomic E-state index is -0.0364. The van der Waals surface area contributed by atoms with Crippen LogP contribution < -0.4 is 10.6 Å². The lowest BCUT2D eigenvalue weighted by atomic mass is 10.00. The van der Waals surface area contributed by atoms with Gasteiger partial charge >= 0.3 is 0 Å². The highest BCUT2D eigenvalue weighted by molar-refractivity contribution is 5.95. The Balaban J connectivity index is 2.10. The summed E-state index contributed by atoms with van der Waals surface area (Å²) in [5, 5.41) is 6.43. The molecule has 20 heavy (non-hydrogen) atoms. The molecule has 4 nitrogen and oxygen atoms in total. The van der Waals surface area contributed by atoms with Crippen LogP contribution in [-0.2, 0) is 0 Å². The third-order valence-corrected chi connectivity index (χ3v) is 3.89. The van der Waals surface area contributed by atoms with Crippen molar-refractivity contribution in [3.63, 3.8) is 0 Å². The van der Waals surface area contributed by atoms with Crippen LogP contribution in [0, 0.1) is 6.92 Å². The molecule has 0 aromatic carbocycles. The predicted octanol–water partition coefficient (Wildman–Crippen LogP) is 3.27. The van der Waals surface area contributed by atoms with Crippen molar-refractivity contribution in [2.75, 3.05) is 11.9 Å². The van der Waals surface area contributed by atoms with Gasteiger partial charge in [0, 0.05) is 23.3 Å². The summed E-state index contributed by atoms with van der Waals surface area (Å²) in [6.45, 7) is 7.04. The summed E-state index contributed by atoms with van der Waals surface area (Å²) in [4.78, 5) is 16.8. The molecule has 0 radical (unpaired) electrons. The van der Waals surface area contributed by atoms with Crippen molar-refractivity contribution in [3.05, 3.63) is 23.4 Å². The van der Waals surface area contributed by atoms with Crippen LogP contribution in [0.3, 0.4) is 0 Å². The number of rotatable bonds is 5. The van der Waals surface area contributed by atoms with E-state index in [4.69, 9.17) is 0 Å². The monoisotopic (exact) mass is 275 g/mol. The molecule has 1 amide bonds. The average molecular weight is 275 g/mol. The van der Waals surface area contributed by atoms with Crippen molar-refractivity contribution < 1.29 is 4.79 Å². The molecule has 0 spiro atoms. The summed E-state index contributed by atoms with van der Waals surface area (Å²) < 4.78 is 0. The van der Waals surface area contributed by atoms with Crippen molar-refractivity contribution in [1.82, 2.24) is 10.3 Å². The van der Waals surface area contributed by atoms with E-state index >= 15 is 0 Å². The molecule has 1 aromatic rings. The number of carbonyl (C=O) groups is 1. The van der Waals surface area contributed by atoms with Crippen molar-refractivity contribution in [2.45, 2.75) is 58.4 Å². The topological polar surface area (TPSA) is 54.0 Å². The van der Waals surface area contributed by atoms with Gasteiger partial charge in [-0.05, 0) is 45.2 Å². The van der Waals surface area contributed by atoms with Gasteiger partial charge in [0.2, 0.25) is 0 Å². The third kappa shape index (κ3) is 3.71. The minimum Gasteiger partial charge on any atom is -0.370 e. The molecule has 0 unspecified atom stereocenters. The molecule has 1 fully saturated rings. The number of hydrogen-bond acceptors (Lipinski definition) is 3. The first-order valence-electron chi connectivity index (χ1n) is 7.57. The first-order chi connectivity index (χ1) is 9.52. The molecular formula is C16H25N3O. The van der Waals surface area contributed by atoms with Crippen LogP contribution >= 0.6 is 0 Å². The van der Waals surface area contributed by atoms with Gasteiger partial charge in [0.1, 0.15) is 5.82 Å². The molecule has 0 bridgehead atoms. The molecule has 1 heterocycles. The summed E-state index contributed by atoms with van der Waals surface area (Å²) in [6.07, 6.45) is 5.59. The number of anilines is 1. The zero-order valence-corrected chi connectivity index (χ0v) is 12.8. The second-order valence-electron chi connectivity index (χ2n) is 6.03. The van der Waals surface area contributed by atoms with Gasteiger partial charge < -0.3 is 10.6 Å². The molecule has 110 valence electrons. The molecule has 2 rings (SSSR count). The van der Waals surface area contributed by atoms with Crippen molar-refractivity contribution >= 4 is 11.7 Å². The standard InChI is InChI=1S/C16H25N3O/c1-4-9-17-14-11-13(10-12(2)18-14)15(20)19-16(3)7-5-6-8-16/h10-11H,4-9H2,1-3H3,(H,17,18)(H,19,20). The lowest BCUT2D eigenvalue weighted by molar-refractivity contribution is 0.0908. The van der Waals surface area contributed by atoms with Gasteiger partial charge in [-0.1, -0.05) is 19.8 Å². The van der Waals surface area contributed by atoms with Crippen LogP contribution in [0.2, 0.25) is 0 Å². The molecule has 2 N–H and O–H groups in total. The third-order valence-electron chi connectivity index (χ3n) is 3.89. The smallest absolute Gasteiger partial charge is 0.251 e. The molecule has 1 aliphatic rings. The van der Waals surface area contributed by atoms with Crippen LogP contribution in [0.4, 0.5) is 5.82 Å². The maximum absolute atomic E-state index is 12.4. The lowest BCUT2D eigenvalue weighted by Crippen LogP contribution is -2.43. The van der Waals surface area contributed by atoms with Crippen LogP contribution in [0.25, 0.3) is 0 Å². The van der Waals surface area contributed by atoms with Gasteiger partial charge in [0.05, 0.1) is 0 Å². The van der Waals surface area contributed by atoms with Crippen molar-refractivity contribution in [1.29, 1.82) is 0 Å². The molecular weight excluding hydrogens is 250 g/mol. The number of amides is 1. The van der Waals surface area contributed by atoms with Crippen LogP contribution in [-0.4, -0.2) is 23.0 Å². The van der Waals surface area contributed by atoms with Gasteiger partial charge in [-0.3, -0.25) is 4.79 Å². The second kappa shape index (κ2) is 6.25. The first kappa shape index (κ1) is 14.8. The maximum Gasteiger partial charge on any atom is 0.251 e. The fourth-order valence-corrected chi connectivity index (χ4v) is 2.77. The second-order valence-corrected chi connectivity index (χ2v) is 6.03. The highest BCUT2D eigenvalue weighted by Gasteiger charge is 2.30. The Labute approximate surface area is 121 Å². The van der Waals surface area contributed by atoms with Crippen LogP contribution in [0.5, 0.6) is 0 Å². The van der Waals surface area contributed by atoms with E-state index in [0.717, 1.165) is 37.3 Å². The molecule has 1 saturated carbocycles. The van der Waals surface area contributed by atoms with Crippen molar-refractivity contribution in [3.8, 4) is 0 Å². The number of aryl methyl sites for hydroxylation is 1. The largest absolute Gasteiger partial charge is 0.370 e. The molecule has 1 aliphatic carbocycles. The zero-order chi connectivity index (χ0) is 14.6. The van der Waals surface area contributed by atoms with Gasteiger partial charge in [0.15, 0.2) is 0 Å².